The summed E-state index contributed by atoms with van der Waals surface area (Å²) in [5.74, 6) is -0.766. The lowest BCUT2D eigenvalue weighted by atomic mass is 10.1. The van der Waals surface area contributed by atoms with Gasteiger partial charge in [-0.1, -0.05) is 56.2 Å². The number of carboxylic acids is 1. The summed E-state index contributed by atoms with van der Waals surface area (Å²) in [5.41, 5.74) is 0.237. The fourth-order valence-corrected chi connectivity index (χ4v) is 2.13. The van der Waals surface area contributed by atoms with E-state index in [-0.39, 0.29) is 17.0 Å². The van der Waals surface area contributed by atoms with Crippen LogP contribution < -0.4 is 0 Å². The van der Waals surface area contributed by atoms with Gasteiger partial charge in [0.15, 0.2) is 0 Å². The summed E-state index contributed by atoms with van der Waals surface area (Å²) >= 11 is 0. The van der Waals surface area contributed by atoms with Crippen molar-refractivity contribution in [1.82, 2.24) is 0 Å². The van der Waals surface area contributed by atoms with E-state index >= 15 is 0 Å². The first-order valence-corrected chi connectivity index (χ1v) is 9.08. The molecule has 0 fully saturated rings. The molecule has 0 spiro atoms. The number of nitro groups is 1. The third kappa shape index (κ3) is 16.5. The molecule has 140 valence electrons. The first kappa shape index (κ1) is 22.8. The molecule has 0 rings (SSSR count). The van der Waals surface area contributed by atoms with Crippen LogP contribution in [0.25, 0.3) is 0 Å². The number of carbonyl (C=O) groups is 1. The third-order valence-corrected chi connectivity index (χ3v) is 3.56. The van der Waals surface area contributed by atoms with Crippen molar-refractivity contribution in [3.63, 3.8) is 0 Å². The Balaban J connectivity index is 4.00. The minimum Gasteiger partial charge on any atom is -0.481 e. The van der Waals surface area contributed by atoms with Gasteiger partial charge in [-0.3, -0.25) is 14.9 Å². The first-order chi connectivity index (χ1) is 12.1. The van der Waals surface area contributed by atoms with Crippen LogP contribution in [0, 0.1) is 10.1 Å². The van der Waals surface area contributed by atoms with Crippen molar-refractivity contribution in [3.05, 3.63) is 58.3 Å². The second kappa shape index (κ2) is 16.7. The Kier molecular flexibility index (Phi) is 15.2. The zero-order valence-corrected chi connectivity index (χ0v) is 15.2. The number of allylic oxidation sites excluding steroid dienone is 7. The molecule has 0 atom stereocenters. The van der Waals surface area contributed by atoms with Crippen LogP contribution in [0.2, 0.25) is 0 Å². The van der Waals surface area contributed by atoms with E-state index in [9.17, 15) is 14.9 Å². The lowest BCUT2D eigenvalue weighted by molar-refractivity contribution is -0.427. The second-order valence-electron chi connectivity index (χ2n) is 5.82. The van der Waals surface area contributed by atoms with E-state index < -0.39 is 5.97 Å². The Bertz CT molecular complexity index is 490. The summed E-state index contributed by atoms with van der Waals surface area (Å²) in [6.45, 7) is 2.15. The molecule has 5 heteroatoms. The standard InChI is InChI=1S/C20H31NO4/c1-2-3-4-5-10-13-16-19(21(24)25)17-14-11-8-6-7-9-12-15-18-20(22)23/h7-11,13,17H,2-6,12,14-16,18H2,1H3,(H,22,23)/b9-7+,11-8+,13-10+,19-17-. The lowest BCUT2D eigenvalue weighted by Gasteiger charge is -1.94. The molecular weight excluding hydrogens is 318 g/mol. The van der Waals surface area contributed by atoms with E-state index in [1.54, 1.807) is 6.08 Å². The normalized spacial score (nSPS) is 12.6. The maximum absolute atomic E-state index is 11.0. The Morgan fingerprint density at radius 2 is 1.60 bits per heavy atom. The van der Waals surface area contributed by atoms with Gasteiger partial charge in [-0.25, -0.2) is 0 Å². The third-order valence-electron chi connectivity index (χ3n) is 3.56. The molecule has 0 aliphatic rings. The Labute approximate surface area is 151 Å². The Morgan fingerprint density at radius 1 is 0.960 bits per heavy atom. The quantitative estimate of drug-likeness (QED) is 0.175. The monoisotopic (exact) mass is 349 g/mol. The van der Waals surface area contributed by atoms with Gasteiger partial charge in [0, 0.05) is 6.42 Å². The SMILES string of the molecule is CCCCC/C=C/C/C(=C/C/C=C/C/C=C/CCCC(=O)O)[N+](=O)[O-]. The van der Waals surface area contributed by atoms with E-state index in [2.05, 4.69) is 6.92 Å². The number of hydrogen-bond donors (Lipinski definition) is 1. The molecule has 0 radical (unpaired) electrons. The molecule has 0 bridgehead atoms. The predicted octanol–water partition coefficient (Wildman–Crippen LogP) is 5.82. The largest absolute Gasteiger partial charge is 0.481 e. The molecule has 0 unspecified atom stereocenters. The fourth-order valence-electron chi connectivity index (χ4n) is 2.13. The van der Waals surface area contributed by atoms with Crippen molar-refractivity contribution in [2.45, 2.75) is 71.1 Å². The highest BCUT2D eigenvalue weighted by Crippen LogP contribution is 2.08. The zero-order valence-electron chi connectivity index (χ0n) is 15.2. The molecule has 0 aromatic heterocycles. The van der Waals surface area contributed by atoms with Gasteiger partial charge in [-0.05, 0) is 44.6 Å². The smallest absolute Gasteiger partial charge is 0.303 e. The maximum atomic E-state index is 11.0. The number of unbranched alkanes of at least 4 members (excludes halogenated alkanes) is 4. The highest BCUT2D eigenvalue weighted by molar-refractivity contribution is 5.66. The predicted molar refractivity (Wildman–Crippen MR) is 102 cm³/mol. The highest BCUT2D eigenvalue weighted by Gasteiger charge is 2.06. The van der Waals surface area contributed by atoms with Gasteiger partial charge in [-0.15, -0.1) is 0 Å². The molecule has 0 heterocycles. The second-order valence-corrected chi connectivity index (χ2v) is 5.82. The van der Waals surface area contributed by atoms with Crippen LogP contribution in [0.15, 0.2) is 48.2 Å². The van der Waals surface area contributed by atoms with Crippen molar-refractivity contribution in [3.8, 4) is 0 Å². The highest BCUT2D eigenvalue weighted by atomic mass is 16.6. The summed E-state index contributed by atoms with van der Waals surface area (Å²) in [6.07, 6.45) is 21.2. The summed E-state index contributed by atoms with van der Waals surface area (Å²) in [6, 6.07) is 0. The molecule has 0 amide bonds. The van der Waals surface area contributed by atoms with Gasteiger partial charge in [0.25, 0.3) is 0 Å². The molecule has 25 heavy (non-hydrogen) atoms. The maximum Gasteiger partial charge on any atom is 0.303 e. The summed E-state index contributed by atoms with van der Waals surface area (Å²) < 4.78 is 0. The van der Waals surface area contributed by atoms with E-state index in [0.717, 1.165) is 25.7 Å². The van der Waals surface area contributed by atoms with E-state index in [1.165, 1.54) is 12.8 Å². The molecule has 0 aromatic rings. The molecule has 0 saturated carbocycles. The van der Waals surface area contributed by atoms with Gasteiger partial charge < -0.3 is 5.11 Å². The van der Waals surface area contributed by atoms with Crippen molar-refractivity contribution in [2.24, 2.45) is 0 Å². The van der Waals surface area contributed by atoms with E-state index in [0.29, 0.717) is 19.3 Å². The molecule has 5 nitrogen and oxygen atoms in total. The Morgan fingerprint density at radius 3 is 2.28 bits per heavy atom. The fraction of sp³-hybridized carbons (Fsp3) is 0.550. The van der Waals surface area contributed by atoms with Gasteiger partial charge in [0.2, 0.25) is 5.70 Å². The van der Waals surface area contributed by atoms with Gasteiger partial charge in [-0.2, -0.15) is 0 Å². The van der Waals surface area contributed by atoms with Crippen molar-refractivity contribution in [1.29, 1.82) is 0 Å². The topological polar surface area (TPSA) is 80.4 Å². The lowest BCUT2D eigenvalue weighted by Crippen LogP contribution is -1.97. The molecule has 0 aliphatic heterocycles. The minimum atomic E-state index is -0.766. The number of hydrogen-bond acceptors (Lipinski definition) is 3. The minimum absolute atomic E-state index is 0.196. The summed E-state index contributed by atoms with van der Waals surface area (Å²) in [4.78, 5) is 21.0. The first-order valence-electron chi connectivity index (χ1n) is 9.08. The van der Waals surface area contributed by atoms with Crippen LogP contribution in [0.4, 0.5) is 0 Å². The number of aliphatic carboxylic acids is 1. The van der Waals surface area contributed by atoms with Crippen molar-refractivity contribution >= 4 is 5.97 Å². The summed E-state index contributed by atoms with van der Waals surface area (Å²) in [7, 11) is 0. The van der Waals surface area contributed by atoms with Gasteiger partial charge in [0.1, 0.15) is 0 Å². The number of rotatable bonds is 15. The average molecular weight is 349 g/mol. The van der Waals surface area contributed by atoms with Crippen molar-refractivity contribution in [2.75, 3.05) is 0 Å². The number of carboxylic acid groups (broad SMARTS) is 1. The molecule has 0 saturated heterocycles. The molecular formula is C20H31NO4. The average Bonchev–Trinajstić information content (AvgIpc) is 2.57. The van der Waals surface area contributed by atoms with E-state index in [1.807, 2.05) is 36.5 Å². The summed E-state index contributed by atoms with van der Waals surface area (Å²) in [5, 5.41) is 19.5. The van der Waals surface area contributed by atoms with Gasteiger partial charge in [0.05, 0.1) is 11.3 Å². The van der Waals surface area contributed by atoms with Crippen LogP contribution in [0.5, 0.6) is 0 Å². The zero-order chi connectivity index (χ0) is 18.8. The van der Waals surface area contributed by atoms with Crippen LogP contribution in [0.3, 0.4) is 0 Å². The van der Waals surface area contributed by atoms with Crippen LogP contribution in [-0.4, -0.2) is 16.0 Å². The van der Waals surface area contributed by atoms with Crippen LogP contribution >= 0.6 is 0 Å². The van der Waals surface area contributed by atoms with Crippen molar-refractivity contribution < 1.29 is 14.8 Å². The molecule has 0 aliphatic carbocycles. The van der Waals surface area contributed by atoms with Gasteiger partial charge >= 0.3 is 5.97 Å². The Hall–Kier alpha value is -2.17. The molecule has 1 N–H and O–H groups in total. The van der Waals surface area contributed by atoms with Crippen LogP contribution in [0.1, 0.15) is 71.1 Å². The van der Waals surface area contributed by atoms with E-state index in [4.69, 9.17) is 5.11 Å². The number of nitrogens with zero attached hydrogens (tertiary/aromatic N) is 1. The molecule has 0 aromatic carbocycles. The van der Waals surface area contributed by atoms with Crippen LogP contribution in [-0.2, 0) is 4.79 Å².